The molecule has 1 amide bonds. The van der Waals surface area contributed by atoms with E-state index in [2.05, 4.69) is 58.9 Å². The Morgan fingerprint density at radius 1 is 1.12 bits per heavy atom. The van der Waals surface area contributed by atoms with Crippen LogP contribution in [0, 0.1) is 0 Å². The summed E-state index contributed by atoms with van der Waals surface area (Å²) in [5.74, 6) is 0.0517. The second-order valence-corrected chi connectivity index (χ2v) is 7.72. The number of rotatable bonds is 5. The van der Waals surface area contributed by atoms with Gasteiger partial charge in [0.05, 0.1) is 12.6 Å². The minimum Gasteiger partial charge on any atom is -0.359 e. The summed E-state index contributed by atoms with van der Waals surface area (Å²) in [4.78, 5) is 16.2. The summed E-state index contributed by atoms with van der Waals surface area (Å²) < 4.78 is 0. The van der Waals surface area contributed by atoms with Crippen LogP contribution in [0.4, 0.5) is 5.69 Å². The molecule has 1 aliphatic heterocycles. The molecule has 0 radical (unpaired) electrons. The van der Waals surface area contributed by atoms with Crippen molar-refractivity contribution < 1.29 is 4.79 Å². The van der Waals surface area contributed by atoms with Crippen LogP contribution in [0.3, 0.4) is 0 Å². The van der Waals surface area contributed by atoms with E-state index in [0.29, 0.717) is 12.6 Å². The van der Waals surface area contributed by atoms with E-state index in [0.717, 1.165) is 16.9 Å². The molecule has 3 aromatic rings. The third kappa shape index (κ3) is 3.37. The molecule has 2 heterocycles. The highest BCUT2D eigenvalue weighted by molar-refractivity contribution is 7.10. The van der Waals surface area contributed by atoms with Gasteiger partial charge in [-0.3, -0.25) is 4.79 Å². The lowest BCUT2D eigenvalue weighted by Gasteiger charge is -2.26. The average molecular weight is 362 g/mol. The van der Waals surface area contributed by atoms with Crippen molar-refractivity contribution in [1.29, 1.82) is 0 Å². The number of hydrogen-bond acceptors (Lipinski definition) is 3. The summed E-state index contributed by atoms with van der Waals surface area (Å²) >= 11 is 1.67. The molecule has 1 aliphatic rings. The van der Waals surface area contributed by atoms with Crippen LogP contribution in [-0.4, -0.2) is 18.5 Å². The molecular weight excluding hydrogens is 340 g/mol. The maximum atomic E-state index is 12.9. The molecule has 3 nitrogen and oxygen atoms in total. The van der Waals surface area contributed by atoms with Crippen molar-refractivity contribution in [2.45, 2.75) is 25.4 Å². The Labute approximate surface area is 158 Å². The van der Waals surface area contributed by atoms with Gasteiger partial charge >= 0.3 is 0 Å². The Hall–Kier alpha value is -2.59. The number of fused-ring (bicyclic) bond motifs is 1. The Morgan fingerprint density at radius 3 is 2.65 bits per heavy atom. The summed E-state index contributed by atoms with van der Waals surface area (Å²) in [5, 5.41) is 5.30. The smallest absolute Gasteiger partial charge is 0.240 e. The van der Waals surface area contributed by atoms with Gasteiger partial charge in [0.1, 0.15) is 0 Å². The van der Waals surface area contributed by atoms with E-state index in [1.807, 2.05) is 30.3 Å². The Kier molecular flexibility index (Phi) is 4.76. The lowest BCUT2D eigenvalue weighted by Crippen LogP contribution is -2.41. The van der Waals surface area contributed by atoms with Gasteiger partial charge in [-0.15, -0.1) is 11.3 Å². The molecule has 0 spiro atoms. The first kappa shape index (κ1) is 16.9. The first-order chi connectivity index (χ1) is 12.7. The monoisotopic (exact) mass is 362 g/mol. The maximum absolute atomic E-state index is 12.9. The van der Waals surface area contributed by atoms with E-state index < -0.39 is 0 Å². The number of thiophene rings is 1. The third-order valence-electron chi connectivity index (χ3n) is 4.93. The van der Waals surface area contributed by atoms with Crippen LogP contribution in [0.15, 0.2) is 72.1 Å². The van der Waals surface area contributed by atoms with Crippen LogP contribution < -0.4 is 10.2 Å². The van der Waals surface area contributed by atoms with Crippen LogP contribution >= 0.6 is 11.3 Å². The van der Waals surface area contributed by atoms with E-state index >= 15 is 0 Å². The molecule has 0 unspecified atom stereocenters. The molecule has 4 rings (SSSR count). The van der Waals surface area contributed by atoms with Crippen LogP contribution in [-0.2, 0) is 11.2 Å². The first-order valence-electron chi connectivity index (χ1n) is 8.94. The number of para-hydroxylation sites is 1. The number of amides is 1. The highest BCUT2D eigenvalue weighted by Gasteiger charge is 2.28. The van der Waals surface area contributed by atoms with Gasteiger partial charge < -0.3 is 10.2 Å². The number of carbonyl (C=O) groups is 1. The molecule has 1 aromatic heterocycles. The van der Waals surface area contributed by atoms with Crippen molar-refractivity contribution in [3.8, 4) is 0 Å². The van der Waals surface area contributed by atoms with Gasteiger partial charge in [0, 0.05) is 16.6 Å². The predicted molar refractivity (Wildman–Crippen MR) is 108 cm³/mol. The molecule has 26 heavy (non-hydrogen) atoms. The van der Waals surface area contributed by atoms with Crippen LogP contribution in [0.25, 0.3) is 0 Å². The molecule has 0 saturated heterocycles. The minimum absolute atomic E-state index is 0.0517. The number of nitrogens with zero attached hydrogens (tertiary/aromatic N) is 1. The normalized spacial score (nSPS) is 17.0. The van der Waals surface area contributed by atoms with Gasteiger partial charge in [-0.2, -0.15) is 0 Å². The molecular formula is C22H22N2OS. The van der Waals surface area contributed by atoms with Gasteiger partial charge in [-0.1, -0.05) is 54.6 Å². The zero-order valence-electron chi connectivity index (χ0n) is 14.8. The predicted octanol–water partition coefficient (Wildman–Crippen LogP) is 4.40. The molecule has 0 fully saturated rings. The van der Waals surface area contributed by atoms with E-state index in [4.69, 9.17) is 0 Å². The molecule has 0 aliphatic carbocycles. The summed E-state index contributed by atoms with van der Waals surface area (Å²) in [7, 11) is 0. The van der Waals surface area contributed by atoms with E-state index in [-0.39, 0.29) is 11.9 Å². The summed E-state index contributed by atoms with van der Waals surface area (Å²) in [6.45, 7) is 2.56. The van der Waals surface area contributed by atoms with Crippen LogP contribution in [0.1, 0.15) is 29.0 Å². The first-order valence-corrected chi connectivity index (χ1v) is 9.82. The Balaban J connectivity index is 1.53. The fourth-order valence-electron chi connectivity index (χ4n) is 3.65. The highest BCUT2D eigenvalue weighted by atomic mass is 32.1. The highest BCUT2D eigenvalue weighted by Crippen LogP contribution is 2.32. The molecule has 0 bridgehead atoms. The molecule has 4 heteroatoms. The van der Waals surface area contributed by atoms with Crippen molar-refractivity contribution in [1.82, 2.24) is 5.32 Å². The van der Waals surface area contributed by atoms with Gasteiger partial charge in [0.25, 0.3) is 0 Å². The summed E-state index contributed by atoms with van der Waals surface area (Å²) in [6.07, 6.45) is 0.997. The van der Waals surface area contributed by atoms with E-state index in [1.54, 1.807) is 11.3 Å². The van der Waals surface area contributed by atoms with Crippen LogP contribution in [0.5, 0.6) is 0 Å². The largest absolute Gasteiger partial charge is 0.359 e. The second kappa shape index (κ2) is 7.34. The fraction of sp³-hybridized carbons (Fsp3) is 0.227. The zero-order valence-corrected chi connectivity index (χ0v) is 15.6. The Morgan fingerprint density at radius 2 is 1.88 bits per heavy atom. The van der Waals surface area contributed by atoms with E-state index in [9.17, 15) is 4.79 Å². The van der Waals surface area contributed by atoms with Gasteiger partial charge in [-0.25, -0.2) is 0 Å². The fourth-order valence-corrected chi connectivity index (χ4v) is 4.45. The van der Waals surface area contributed by atoms with Crippen molar-refractivity contribution in [3.63, 3.8) is 0 Å². The quantitative estimate of drug-likeness (QED) is 0.729. The molecule has 132 valence electrons. The number of anilines is 1. The number of carbonyl (C=O) groups excluding carboxylic acids is 1. The van der Waals surface area contributed by atoms with Crippen LogP contribution in [0.2, 0.25) is 0 Å². The van der Waals surface area contributed by atoms with Crippen molar-refractivity contribution in [2.24, 2.45) is 0 Å². The van der Waals surface area contributed by atoms with Crippen molar-refractivity contribution in [2.75, 3.05) is 11.4 Å². The number of nitrogens with one attached hydrogen (secondary N) is 1. The standard InChI is InChI=1S/C22H22N2OS/c1-16-14-18-10-5-6-11-19(18)24(16)15-21(25)23-22(20-12-7-13-26-20)17-8-3-2-4-9-17/h2-13,16,22H,14-15H2,1H3,(H,23,25)/t16-,22+/m1/s1. The zero-order chi connectivity index (χ0) is 17.9. The molecule has 0 saturated carbocycles. The summed E-state index contributed by atoms with van der Waals surface area (Å²) in [6, 6.07) is 22.9. The Bertz CT molecular complexity index is 876. The lowest BCUT2D eigenvalue weighted by atomic mass is 10.1. The van der Waals surface area contributed by atoms with Crippen molar-refractivity contribution in [3.05, 3.63) is 88.1 Å². The average Bonchev–Trinajstić information content (AvgIpc) is 3.29. The van der Waals surface area contributed by atoms with Gasteiger partial charge in [0.2, 0.25) is 5.91 Å². The van der Waals surface area contributed by atoms with Gasteiger partial charge in [0.15, 0.2) is 0 Å². The topological polar surface area (TPSA) is 32.3 Å². The van der Waals surface area contributed by atoms with Gasteiger partial charge in [-0.05, 0) is 42.0 Å². The molecule has 2 atom stereocenters. The SMILES string of the molecule is C[C@@H]1Cc2ccccc2N1CC(=O)N[C@@H](c1ccccc1)c1cccs1. The number of benzene rings is 2. The number of hydrogen-bond donors (Lipinski definition) is 1. The van der Waals surface area contributed by atoms with Crippen molar-refractivity contribution >= 4 is 22.9 Å². The second-order valence-electron chi connectivity index (χ2n) is 6.74. The minimum atomic E-state index is -0.100. The molecule has 1 N–H and O–H groups in total. The van der Waals surface area contributed by atoms with E-state index in [1.165, 1.54) is 11.3 Å². The lowest BCUT2D eigenvalue weighted by molar-refractivity contribution is -0.120. The molecule has 2 aromatic carbocycles. The third-order valence-corrected chi connectivity index (χ3v) is 5.87. The summed E-state index contributed by atoms with van der Waals surface area (Å²) in [5.41, 5.74) is 3.62. The maximum Gasteiger partial charge on any atom is 0.240 e.